The van der Waals surface area contributed by atoms with E-state index in [0.29, 0.717) is 29.0 Å². The summed E-state index contributed by atoms with van der Waals surface area (Å²) in [5.74, 6) is 1.42. The van der Waals surface area contributed by atoms with Gasteiger partial charge in [0.2, 0.25) is 5.91 Å². The van der Waals surface area contributed by atoms with Crippen LogP contribution in [0.4, 0.5) is 16.5 Å². The standard InChI is InChI=1S/C27H28N4O3S3/c1-4-23(25(32)31-27-30-21-14-13-18(34-5-2)16-24(21)37-27)36-19-10-8-9-17(15-19)28-26(35)29-20-11-6-7-12-22(20)33-3/h6-16,23H,4-5H2,1-3H3,(H2,28,29,35)(H,30,31,32). The van der Waals surface area contributed by atoms with Crippen molar-refractivity contribution in [3.05, 3.63) is 66.7 Å². The summed E-state index contributed by atoms with van der Waals surface area (Å²) < 4.78 is 11.9. The first-order valence-electron chi connectivity index (χ1n) is 11.8. The minimum absolute atomic E-state index is 0.0803. The van der Waals surface area contributed by atoms with Gasteiger partial charge in [-0.25, -0.2) is 4.98 Å². The van der Waals surface area contributed by atoms with Gasteiger partial charge in [0.1, 0.15) is 11.5 Å². The maximum Gasteiger partial charge on any atom is 0.239 e. The number of para-hydroxylation sites is 2. The maximum absolute atomic E-state index is 13.1. The molecule has 1 atom stereocenters. The molecule has 7 nitrogen and oxygen atoms in total. The minimum atomic E-state index is -0.278. The number of carbonyl (C=O) groups is 1. The predicted octanol–water partition coefficient (Wildman–Crippen LogP) is 7.02. The summed E-state index contributed by atoms with van der Waals surface area (Å²) in [6.07, 6.45) is 0.668. The van der Waals surface area contributed by atoms with Crippen molar-refractivity contribution in [3.63, 3.8) is 0 Å². The van der Waals surface area contributed by atoms with Crippen molar-refractivity contribution in [1.29, 1.82) is 0 Å². The summed E-state index contributed by atoms with van der Waals surface area (Å²) in [4.78, 5) is 18.6. The molecular weight excluding hydrogens is 525 g/mol. The predicted molar refractivity (Wildman–Crippen MR) is 159 cm³/mol. The molecular formula is C27H28N4O3S3. The van der Waals surface area contributed by atoms with Crippen LogP contribution in [0.3, 0.4) is 0 Å². The molecule has 0 spiro atoms. The van der Waals surface area contributed by atoms with Gasteiger partial charge in [-0.2, -0.15) is 0 Å². The Morgan fingerprint density at radius 3 is 2.68 bits per heavy atom. The molecule has 3 N–H and O–H groups in total. The van der Waals surface area contributed by atoms with E-state index in [4.69, 9.17) is 21.7 Å². The largest absolute Gasteiger partial charge is 0.495 e. The molecule has 0 bridgehead atoms. The number of anilines is 3. The zero-order valence-electron chi connectivity index (χ0n) is 20.7. The van der Waals surface area contributed by atoms with E-state index < -0.39 is 0 Å². The Bertz CT molecular complexity index is 1390. The Hall–Kier alpha value is -3.34. The summed E-state index contributed by atoms with van der Waals surface area (Å²) in [6, 6.07) is 21.1. The Morgan fingerprint density at radius 2 is 1.89 bits per heavy atom. The minimum Gasteiger partial charge on any atom is -0.495 e. The number of hydrogen-bond acceptors (Lipinski definition) is 7. The lowest BCUT2D eigenvalue weighted by atomic mass is 10.3. The van der Waals surface area contributed by atoms with E-state index in [1.807, 2.05) is 80.6 Å². The number of thiocarbonyl (C=S) groups is 1. The van der Waals surface area contributed by atoms with Gasteiger partial charge in [-0.1, -0.05) is 36.5 Å². The fourth-order valence-electron chi connectivity index (χ4n) is 3.57. The van der Waals surface area contributed by atoms with E-state index in [-0.39, 0.29) is 11.2 Å². The Morgan fingerprint density at radius 1 is 1.05 bits per heavy atom. The molecule has 0 aliphatic rings. The van der Waals surface area contributed by atoms with Crippen molar-refractivity contribution >= 4 is 73.1 Å². The van der Waals surface area contributed by atoms with Crippen molar-refractivity contribution in [1.82, 2.24) is 4.98 Å². The van der Waals surface area contributed by atoms with Gasteiger partial charge in [0, 0.05) is 10.6 Å². The van der Waals surface area contributed by atoms with Gasteiger partial charge in [-0.3, -0.25) is 4.79 Å². The number of hydrogen-bond donors (Lipinski definition) is 3. The van der Waals surface area contributed by atoms with E-state index in [0.717, 1.165) is 32.2 Å². The van der Waals surface area contributed by atoms with Gasteiger partial charge in [0.15, 0.2) is 10.2 Å². The lowest BCUT2D eigenvalue weighted by Crippen LogP contribution is -2.24. The molecule has 4 aromatic rings. The Labute approximate surface area is 230 Å². The van der Waals surface area contributed by atoms with Crippen LogP contribution >= 0.6 is 35.3 Å². The number of carbonyl (C=O) groups excluding carboxylic acids is 1. The van der Waals surface area contributed by atoms with Crippen molar-refractivity contribution in [2.24, 2.45) is 0 Å². The third kappa shape index (κ3) is 7.12. The second-order valence-electron chi connectivity index (χ2n) is 7.89. The number of benzene rings is 3. The highest BCUT2D eigenvalue weighted by atomic mass is 32.2. The molecule has 1 amide bonds. The fourth-order valence-corrected chi connectivity index (χ4v) is 5.71. The van der Waals surface area contributed by atoms with Gasteiger partial charge in [-0.05, 0) is 74.1 Å². The van der Waals surface area contributed by atoms with Crippen molar-refractivity contribution in [2.45, 2.75) is 30.4 Å². The second-order valence-corrected chi connectivity index (χ2v) is 10.6. The fraction of sp³-hybridized carbons (Fsp3) is 0.222. The van der Waals surface area contributed by atoms with Crippen molar-refractivity contribution in [3.8, 4) is 11.5 Å². The average molecular weight is 553 g/mol. The zero-order valence-corrected chi connectivity index (χ0v) is 23.2. The number of nitrogens with one attached hydrogen (secondary N) is 3. The van der Waals surface area contributed by atoms with Gasteiger partial charge >= 0.3 is 0 Å². The van der Waals surface area contributed by atoms with Gasteiger partial charge in [-0.15, -0.1) is 11.8 Å². The highest BCUT2D eigenvalue weighted by molar-refractivity contribution is 8.00. The first-order valence-corrected chi connectivity index (χ1v) is 13.9. The zero-order chi connectivity index (χ0) is 26.2. The van der Waals surface area contributed by atoms with Crippen LogP contribution < -0.4 is 25.4 Å². The molecule has 1 aromatic heterocycles. The van der Waals surface area contributed by atoms with Gasteiger partial charge in [0.25, 0.3) is 0 Å². The highest BCUT2D eigenvalue weighted by Gasteiger charge is 2.20. The third-order valence-corrected chi connectivity index (χ3v) is 7.79. The number of nitrogens with zero attached hydrogens (tertiary/aromatic N) is 1. The summed E-state index contributed by atoms with van der Waals surface area (Å²) in [5.41, 5.74) is 2.43. The van der Waals surface area contributed by atoms with Crippen molar-refractivity contribution < 1.29 is 14.3 Å². The average Bonchev–Trinajstić information content (AvgIpc) is 3.29. The van der Waals surface area contributed by atoms with E-state index in [9.17, 15) is 4.79 Å². The number of fused-ring (bicyclic) bond motifs is 1. The Balaban J connectivity index is 1.38. The van der Waals surface area contributed by atoms with Crippen molar-refractivity contribution in [2.75, 3.05) is 29.7 Å². The van der Waals surface area contributed by atoms with Crippen LogP contribution in [0, 0.1) is 0 Å². The first-order chi connectivity index (χ1) is 18.0. The topological polar surface area (TPSA) is 84.5 Å². The molecule has 0 radical (unpaired) electrons. The number of rotatable bonds is 10. The summed E-state index contributed by atoms with van der Waals surface area (Å²) >= 11 is 8.43. The number of aromatic nitrogens is 1. The van der Waals surface area contributed by atoms with Crippen LogP contribution in [-0.4, -0.2) is 35.0 Å². The SMILES string of the molecule is CCOc1ccc2nc(NC(=O)C(CC)Sc3cccc(NC(=S)Nc4ccccc4OC)c3)sc2c1. The van der Waals surface area contributed by atoms with E-state index in [1.54, 1.807) is 7.11 Å². The first kappa shape index (κ1) is 26.7. The summed E-state index contributed by atoms with van der Waals surface area (Å²) in [7, 11) is 1.62. The molecule has 10 heteroatoms. The molecule has 1 unspecified atom stereocenters. The smallest absolute Gasteiger partial charge is 0.239 e. The monoisotopic (exact) mass is 552 g/mol. The normalized spacial score (nSPS) is 11.5. The number of methoxy groups -OCH3 is 1. The van der Waals surface area contributed by atoms with Gasteiger partial charge < -0.3 is 25.4 Å². The molecule has 192 valence electrons. The number of thiazole rings is 1. The quantitative estimate of drug-likeness (QED) is 0.143. The van der Waals surface area contributed by atoms with Crippen LogP contribution in [0.5, 0.6) is 11.5 Å². The van der Waals surface area contributed by atoms with Crippen LogP contribution in [0.2, 0.25) is 0 Å². The van der Waals surface area contributed by atoms with Crippen LogP contribution in [-0.2, 0) is 4.79 Å². The molecule has 3 aromatic carbocycles. The Kier molecular flexibility index (Phi) is 9.21. The van der Waals surface area contributed by atoms with Gasteiger partial charge in [0.05, 0.1) is 34.9 Å². The van der Waals surface area contributed by atoms with E-state index >= 15 is 0 Å². The molecule has 0 saturated carbocycles. The molecule has 37 heavy (non-hydrogen) atoms. The molecule has 0 fully saturated rings. The molecule has 1 heterocycles. The molecule has 4 rings (SSSR count). The lowest BCUT2D eigenvalue weighted by molar-refractivity contribution is -0.115. The maximum atomic E-state index is 13.1. The number of amides is 1. The highest BCUT2D eigenvalue weighted by Crippen LogP contribution is 2.32. The third-order valence-electron chi connectivity index (χ3n) is 5.29. The number of thioether (sulfide) groups is 1. The van der Waals surface area contributed by atoms with Crippen LogP contribution in [0.25, 0.3) is 10.2 Å². The molecule has 0 saturated heterocycles. The second kappa shape index (κ2) is 12.8. The van der Waals surface area contributed by atoms with Crippen LogP contribution in [0.1, 0.15) is 20.3 Å². The summed E-state index contributed by atoms with van der Waals surface area (Å²) in [6.45, 7) is 4.55. The van der Waals surface area contributed by atoms with E-state index in [1.165, 1.54) is 23.1 Å². The number of ether oxygens (including phenoxy) is 2. The lowest BCUT2D eigenvalue weighted by Gasteiger charge is -2.16. The van der Waals surface area contributed by atoms with E-state index in [2.05, 4.69) is 20.9 Å². The summed E-state index contributed by atoms with van der Waals surface area (Å²) in [5, 5.41) is 10.1. The molecule has 0 aliphatic carbocycles. The van der Waals surface area contributed by atoms with Crippen LogP contribution in [0.15, 0.2) is 71.6 Å². The molecule has 0 aliphatic heterocycles.